The second kappa shape index (κ2) is 12.5. The van der Waals surface area contributed by atoms with E-state index < -0.39 is 12.1 Å². The summed E-state index contributed by atoms with van der Waals surface area (Å²) >= 11 is 0. The number of piperidine rings is 1. The Balaban J connectivity index is 0.000000479. The number of fused-ring (bicyclic) bond motifs is 1. The van der Waals surface area contributed by atoms with Crippen LogP contribution in [0.15, 0.2) is 12.1 Å². The highest BCUT2D eigenvalue weighted by Gasteiger charge is 2.38. The number of carboxylic acids is 1. The number of halogens is 3. The molecule has 3 N–H and O–H groups in total. The number of hydrogen-bond donors (Lipinski definition) is 3. The van der Waals surface area contributed by atoms with Gasteiger partial charge in [-0.3, -0.25) is 0 Å². The number of likely N-dealkylation sites (tertiary alicyclic amines) is 1. The van der Waals surface area contributed by atoms with Gasteiger partial charge >= 0.3 is 12.1 Å². The van der Waals surface area contributed by atoms with Gasteiger partial charge in [0.15, 0.2) is 11.5 Å². The number of aliphatic carboxylic acids is 1. The van der Waals surface area contributed by atoms with Crippen molar-refractivity contribution in [3.63, 3.8) is 0 Å². The molecule has 4 rings (SSSR count). The third-order valence-electron chi connectivity index (χ3n) is 6.73. The summed E-state index contributed by atoms with van der Waals surface area (Å²) in [6.45, 7) is 6.77. The molecule has 1 saturated heterocycles. The smallest absolute Gasteiger partial charge is 0.490 e. The summed E-state index contributed by atoms with van der Waals surface area (Å²) in [7, 11) is 3.32. The molecule has 1 aliphatic carbocycles. The minimum Gasteiger partial charge on any atom is -0.493 e. The predicted octanol–water partition coefficient (Wildman–Crippen LogP) is 4.92. The van der Waals surface area contributed by atoms with Gasteiger partial charge in [-0.25, -0.2) is 9.78 Å². The van der Waals surface area contributed by atoms with Crippen molar-refractivity contribution >= 4 is 28.6 Å². The maximum Gasteiger partial charge on any atom is 0.490 e. The number of carboxylic acid groups (broad SMARTS) is 1. The molecular weight excluding hydrogens is 491 g/mol. The molecule has 37 heavy (non-hydrogen) atoms. The van der Waals surface area contributed by atoms with E-state index in [1.165, 1.54) is 25.7 Å². The number of anilines is 2. The van der Waals surface area contributed by atoms with Crippen molar-refractivity contribution in [2.24, 2.45) is 0 Å². The topological polar surface area (TPSA) is 109 Å². The summed E-state index contributed by atoms with van der Waals surface area (Å²) in [5.74, 6) is 0.204. The first-order valence-electron chi connectivity index (χ1n) is 12.5. The van der Waals surface area contributed by atoms with Crippen molar-refractivity contribution in [3.05, 3.63) is 12.1 Å². The molecule has 1 saturated carbocycles. The average Bonchev–Trinajstić information content (AvgIpc) is 3.36. The lowest BCUT2D eigenvalue weighted by Crippen LogP contribution is -2.42. The summed E-state index contributed by atoms with van der Waals surface area (Å²) in [6.07, 6.45) is 2.06. The fraction of sp³-hybridized carbons (Fsp3) is 0.640. The van der Waals surface area contributed by atoms with Crippen LogP contribution in [-0.2, 0) is 4.79 Å². The minimum atomic E-state index is -5.08. The van der Waals surface area contributed by atoms with Crippen LogP contribution in [0.2, 0.25) is 0 Å². The zero-order valence-corrected chi connectivity index (χ0v) is 21.7. The standard InChI is InChI=1S/C23H35N5O2.C2HF3O2/c1-15(2)28-11-9-17(10-12-28)24-22-18-13-20(29-3)21(30-4)14-19(18)26-23(27-22)25-16-7-5-6-8-16;3-2(4,5)1(6)7/h13-17H,5-12H2,1-4H3,(H2,24,25,26,27);(H,6,7). The van der Waals surface area contributed by atoms with E-state index in [0.29, 0.717) is 35.6 Å². The van der Waals surface area contributed by atoms with Crippen LogP contribution in [-0.4, -0.2) is 77.6 Å². The highest BCUT2D eigenvalue weighted by molar-refractivity contribution is 5.92. The molecule has 1 aromatic heterocycles. The molecule has 0 atom stereocenters. The monoisotopic (exact) mass is 527 g/mol. The van der Waals surface area contributed by atoms with Gasteiger partial charge in [-0.05, 0) is 45.6 Å². The summed E-state index contributed by atoms with van der Waals surface area (Å²) in [5, 5.41) is 15.4. The van der Waals surface area contributed by atoms with Gasteiger partial charge in [0.1, 0.15) is 5.82 Å². The van der Waals surface area contributed by atoms with Crippen molar-refractivity contribution in [2.75, 3.05) is 37.9 Å². The molecule has 2 aromatic rings. The number of methoxy groups -OCH3 is 2. The van der Waals surface area contributed by atoms with Gasteiger partial charge in [-0.2, -0.15) is 18.2 Å². The van der Waals surface area contributed by atoms with Crippen LogP contribution in [0.25, 0.3) is 10.9 Å². The lowest BCUT2D eigenvalue weighted by atomic mass is 10.0. The summed E-state index contributed by atoms with van der Waals surface area (Å²) < 4.78 is 42.8. The second-order valence-electron chi connectivity index (χ2n) is 9.60. The Morgan fingerprint density at radius 2 is 1.54 bits per heavy atom. The van der Waals surface area contributed by atoms with Crippen molar-refractivity contribution in [3.8, 4) is 11.5 Å². The van der Waals surface area contributed by atoms with Crippen LogP contribution in [0.1, 0.15) is 52.4 Å². The highest BCUT2D eigenvalue weighted by Crippen LogP contribution is 2.35. The lowest BCUT2D eigenvalue weighted by Gasteiger charge is -2.35. The van der Waals surface area contributed by atoms with E-state index >= 15 is 0 Å². The van der Waals surface area contributed by atoms with Gasteiger partial charge in [-0.1, -0.05) is 12.8 Å². The van der Waals surface area contributed by atoms with E-state index in [1.54, 1.807) is 14.2 Å². The molecule has 0 unspecified atom stereocenters. The van der Waals surface area contributed by atoms with E-state index in [2.05, 4.69) is 29.4 Å². The first-order valence-corrected chi connectivity index (χ1v) is 12.5. The number of nitrogens with one attached hydrogen (secondary N) is 2. The molecule has 2 aliphatic rings. The molecule has 2 heterocycles. The maximum absolute atomic E-state index is 10.6. The summed E-state index contributed by atoms with van der Waals surface area (Å²) in [5.41, 5.74) is 0.866. The Kier molecular flexibility index (Phi) is 9.63. The van der Waals surface area contributed by atoms with Crippen molar-refractivity contribution in [1.29, 1.82) is 0 Å². The minimum absolute atomic E-state index is 0.408. The quantitative estimate of drug-likeness (QED) is 0.462. The molecule has 206 valence electrons. The highest BCUT2D eigenvalue weighted by atomic mass is 19.4. The van der Waals surface area contributed by atoms with Crippen LogP contribution >= 0.6 is 0 Å². The first-order chi connectivity index (χ1) is 17.5. The Bertz CT molecular complexity index is 1050. The van der Waals surface area contributed by atoms with E-state index in [0.717, 1.165) is 42.7 Å². The molecule has 0 spiro atoms. The molecule has 2 fully saturated rings. The second-order valence-corrected chi connectivity index (χ2v) is 9.60. The lowest BCUT2D eigenvalue weighted by molar-refractivity contribution is -0.192. The number of hydrogen-bond acceptors (Lipinski definition) is 8. The molecule has 0 amide bonds. The fourth-order valence-corrected chi connectivity index (χ4v) is 4.64. The number of aromatic nitrogens is 2. The summed E-state index contributed by atoms with van der Waals surface area (Å²) in [4.78, 5) is 21.1. The van der Waals surface area contributed by atoms with Crippen molar-refractivity contribution in [2.45, 2.75) is 76.7 Å². The molecule has 9 nitrogen and oxygen atoms in total. The molecule has 0 radical (unpaired) electrons. The first kappa shape index (κ1) is 28.5. The van der Waals surface area contributed by atoms with E-state index in [4.69, 9.17) is 29.3 Å². The number of nitrogens with zero attached hydrogens (tertiary/aromatic N) is 3. The SMILES string of the molecule is COc1cc2nc(NC3CCCC3)nc(NC3CCN(C(C)C)CC3)c2cc1OC.O=C(O)C(F)(F)F. The molecule has 12 heteroatoms. The van der Waals surface area contributed by atoms with E-state index in [-0.39, 0.29) is 0 Å². The van der Waals surface area contributed by atoms with Gasteiger partial charge in [0.25, 0.3) is 0 Å². The summed E-state index contributed by atoms with van der Waals surface area (Å²) in [6, 6.07) is 5.40. The van der Waals surface area contributed by atoms with E-state index in [9.17, 15) is 13.2 Å². The van der Waals surface area contributed by atoms with E-state index in [1.807, 2.05) is 12.1 Å². The molecule has 1 aliphatic heterocycles. The van der Waals surface area contributed by atoms with Crippen LogP contribution in [0, 0.1) is 0 Å². The maximum atomic E-state index is 10.6. The number of ether oxygens (including phenoxy) is 2. The van der Waals surface area contributed by atoms with Gasteiger partial charge < -0.3 is 30.1 Å². The van der Waals surface area contributed by atoms with Crippen molar-refractivity contribution in [1.82, 2.24) is 14.9 Å². The normalized spacial score (nSPS) is 17.4. The third-order valence-corrected chi connectivity index (χ3v) is 6.73. The number of alkyl halides is 3. The number of carbonyl (C=O) groups is 1. The van der Waals surface area contributed by atoms with Crippen LogP contribution in [0.4, 0.5) is 24.9 Å². The zero-order chi connectivity index (χ0) is 27.2. The van der Waals surface area contributed by atoms with Crippen molar-refractivity contribution < 1.29 is 32.5 Å². The Hall–Kier alpha value is -3.02. The fourth-order valence-electron chi connectivity index (χ4n) is 4.64. The van der Waals surface area contributed by atoms with Crippen LogP contribution < -0.4 is 20.1 Å². The Morgan fingerprint density at radius 3 is 2.05 bits per heavy atom. The Morgan fingerprint density at radius 1 is 1.00 bits per heavy atom. The average molecular weight is 528 g/mol. The largest absolute Gasteiger partial charge is 0.493 e. The molecule has 1 aromatic carbocycles. The number of rotatable bonds is 7. The predicted molar refractivity (Wildman–Crippen MR) is 136 cm³/mol. The van der Waals surface area contributed by atoms with Gasteiger partial charge in [0.2, 0.25) is 5.95 Å². The third kappa shape index (κ3) is 7.73. The van der Waals surface area contributed by atoms with Gasteiger partial charge in [0.05, 0.1) is 19.7 Å². The van der Waals surface area contributed by atoms with Gasteiger partial charge in [0, 0.05) is 42.7 Å². The van der Waals surface area contributed by atoms with Crippen LogP contribution in [0.5, 0.6) is 11.5 Å². The number of benzene rings is 1. The Labute approximate surface area is 214 Å². The van der Waals surface area contributed by atoms with Crippen LogP contribution in [0.3, 0.4) is 0 Å². The zero-order valence-electron chi connectivity index (χ0n) is 21.7. The van der Waals surface area contributed by atoms with Gasteiger partial charge in [-0.15, -0.1) is 0 Å². The molecule has 0 bridgehead atoms. The molecular formula is C25H36F3N5O4.